The highest BCUT2D eigenvalue weighted by Crippen LogP contribution is 2.19. The minimum Gasteiger partial charge on any atom is -0.453 e. The van der Waals surface area contributed by atoms with Gasteiger partial charge in [0.1, 0.15) is 4.88 Å². The summed E-state index contributed by atoms with van der Waals surface area (Å²) in [5.74, 6) is -0.675. The lowest BCUT2D eigenvalue weighted by atomic mass is 9.98. The van der Waals surface area contributed by atoms with Crippen molar-refractivity contribution in [1.82, 2.24) is 4.98 Å². The Labute approximate surface area is 134 Å². The molecule has 0 N–H and O–H groups in total. The first-order valence-corrected chi connectivity index (χ1v) is 7.83. The summed E-state index contributed by atoms with van der Waals surface area (Å²) in [5, 5.41) is 0.806. The number of thiazole rings is 1. The van der Waals surface area contributed by atoms with Gasteiger partial charge >= 0.3 is 5.97 Å². The number of nitrogens with zero attached hydrogens (tertiary/aromatic N) is 1. The zero-order valence-electron chi connectivity index (χ0n) is 13.4. The van der Waals surface area contributed by atoms with Crippen LogP contribution in [0.4, 0.5) is 0 Å². The first-order chi connectivity index (χ1) is 10.3. The second-order valence-electron chi connectivity index (χ2n) is 5.40. The van der Waals surface area contributed by atoms with Crippen molar-refractivity contribution in [1.29, 1.82) is 0 Å². The van der Waals surface area contributed by atoms with E-state index >= 15 is 0 Å². The number of ether oxygens (including phenoxy) is 1. The number of aromatic nitrogens is 1. The van der Waals surface area contributed by atoms with E-state index < -0.39 is 5.97 Å². The van der Waals surface area contributed by atoms with E-state index in [-0.39, 0.29) is 12.4 Å². The van der Waals surface area contributed by atoms with Crippen LogP contribution in [0.2, 0.25) is 0 Å². The molecule has 0 amide bonds. The SMILES string of the molecule is Cc1nc(C)c(C(=O)OCC(=O)c2cc(C)c(C)cc2C)s1. The molecule has 0 bridgehead atoms. The number of aryl methyl sites for hydroxylation is 5. The predicted octanol–water partition coefficient (Wildman–Crippen LogP) is 3.72. The smallest absolute Gasteiger partial charge is 0.350 e. The Morgan fingerprint density at radius 1 is 1.05 bits per heavy atom. The Morgan fingerprint density at radius 3 is 2.27 bits per heavy atom. The van der Waals surface area contributed by atoms with Crippen LogP contribution in [-0.4, -0.2) is 23.3 Å². The molecule has 0 aliphatic rings. The third-order valence-electron chi connectivity index (χ3n) is 3.56. The van der Waals surface area contributed by atoms with Gasteiger partial charge in [-0.05, 0) is 57.4 Å². The molecule has 0 radical (unpaired) electrons. The van der Waals surface area contributed by atoms with Crippen LogP contribution in [0.1, 0.15) is 47.4 Å². The summed E-state index contributed by atoms with van der Waals surface area (Å²) in [5.41, 5.74) is 4.33. The van der Waals surface area contributed by atoms with Crippen molar-refractivity contribution in [2.45, 2.75) is 34.6 Å². The zero-order valence-corrected chi connectivity index (χ0v) is 14.3. The summed E-state index contributed by atoms with van der Waals surface area (Å²) >= 11 is 1.28. The van der Waals surface area contributed by atoms with Gasteiger partial charge in [-0.1, -0.05) is 6.07 Å². The molecule has 0 unspecified atom stereocenters. The maximum atomic E-state index is 12.3. The number of esters is 1. The molecule has 2 aromatic rings. The van der Waals surface area contributed by atoms with Gasteiger partial charge in [0, 0.05) is 5.56 Å². The lowest BCUT2D eigenvalue weighted by Crippen LogP contribution is -2.15. The maximum absolute atomic E-state index is 12.3. The fourth-order valence-corrected chi connectivity index (χ4v) is 3.07. The Balaban J connectivity index is 2.09. The van der Waals surface area contributed by atoms with E-state index in [4.69, 9.17) is 4.74 Å². The fourth-order valence-electron chi connectivity index (χ4n) is 2.26. The van der Waals surface area contributed by atoms with Crippen molar-refractivity contribution in [3.8, 4) is 0 Å². The summed E-state index contributed by atoms with van der Waals surface area (Å²) in [6.45, 7) is 9.19. The van der Waals surface area contributed by atoms with Gasteiger partial charge in [-0.25, -0.2) is 9.78 Å². The van der Waals surface area contributed by atoms with Crippen molar-refractivity contribution < 1.29 is 14.3 Å². The van der Waals surface area contributed by atoms with Gasteiger partial charge in [0.15, 0.2) is 6.61 Å². The number of carbonyl (C=O) groups excluding carboxylic acids is 2. The van der Waals surface area contributed by atoms with E-state index in [9.17, 15) is 9.59 Å². The largest absolute Gasteiger partial charge is 0.453 e. The summed E-state index contributed by atoms with van der Waals surface area (Å²) in [6.07, 6.45) is 0. The third kappa shape index (κ3) is 3.42. The van der Waals surface area contributed by atoms with Crippen molar-refractivity contribution in [2.24, 2.45) is 0 Å². The quantitative estimate of drug-likeness (QED) is 0.637. The first-order valence-electron chi connectivity index (χ1n) is 7.01. The highest BCUT2D eigenvalue weighted by molar-refractivity contribution is 7.13. The van der Waals surface area contributed by atoms with Gasteiger partial charge in [0.25, 0.3) is 0 Å². The van der Waals surface area contributed by atoms with Crippen molar-refractivity contribution in [3.63, 3.8) is 0 Å². The van der Waals surface area contributed by atoms with Crippen LogP contribution in [0.25, 0.3) is 0 Å². The van der Waals surface area contributed by atoms with E-state index in [0.29, 0.717) is 16.1 Å². The molecule has 2 rings (SSSR count). The minimum atomic E-state index is -0.488. The highest BCUT2D eigenvalue weighted by Gasteiger charge is 2.18. The van der Waals surface area contributed by atoms with Crippen LogP contribution >= 0.6 is 11.3 Å². The van der Waals surface area contributed by atoms with Gasteiger partial charge < -0.3 is 4.74 Å². The molecule has 0 aliphatic heterocycles. The second-order valence-corrected chi connectivity index (χ2v) is 6.60. The number of benzene rings is 1. The number of ketones is 1. The predicted molar refractivity (Wildman–Crippen MR) is 86.9 cm³/mol. The number of Topliss-reactive ketones (excluding diaryl/α,β-unsaturated/α-hetero) is 1. The van der Waals surface area contributed by atoms with Gasteiger partial charge in [0.2, 0.25) is 5.78 Å². The molecule has 4 nitrogen and oxygen atoms in total. The van der Waals surface area contributed by atoms with Gasteiger partial charge in [0.05, 0.1) is 10.7 Å². The van der Waals surface area contributed by atoms with Crippen LogP contribution in [0.15, 0.2) is 12.1 Å². The van der Waals surface area contributed by atoms with Crippen molar-refractivity contribution in [2.75, 3.05) is 6.61 Å². The summed E-state index contributed by atoms with van der Waals surface area (Å²) in [7, 11) is 0. The molecule has 0 saturated carbocycles. The Kier molecular flexibility index (Phi) is 4.76. The molecule has 0 atom stereocenters. The first kappa shape index (κ1) is 16.4. The lowest BCUT2D eigenvalue weighted by molar-refractivity contribution is 0.0478. The van der Waals surface area contributed by atoms with Crippen LogP contribution < -0.4 is 0 Å². The molecule has 0 aliphatic carbocycles. The minimum absolute atomic E-state index is 0.187. The lowest BCUT2D eigenvalue weighted by Gasteiger charge is -2.09. The van der Waals surface area contributed by atoms with Crippen LogP contribution in [0, 0.1) is 34.6 Å². The Hall–Kier alpha value is -2.01. The standard InChI is InChI=1S/C17H19NO3S/c1-9-6-11(3)14(7-10(9)2)15(19)8-21-17(20)16-12(4)18-13(5)22-16/h6-7H,8H2,1-5H3. The van der Waals surface area contributed by atoms with E-state index in [1.165, 1.54) is 11.3 Å². The third-order valence-corrected chi connectivity index (χ3v) is 4.62. The molecule has 0 fully saturated rings. The zero-order chi connectivity index (χ0) is 16.4. The van der Waals surface area contributed by atoms with Gasteiger partial charge in [-0.15, -0.1) is 11.3 Å². The van der Waals surface area contributed by atoms with E-state index in [0.717, 1.165) is 21.7 Å². The fraction of sp³-hybridized carbons (Fsp3) is 0.353. The van der Waals surface area contributed by atoms with Crippen molar-refractivity contribution >= 4 is 23.1 Å². The monoisotopic (exact) mass is 317 g/mol. The van der Waals surface area contributed by atoms with Crippen LogP contribution in [-0.2, 0) is 4.74 Å². The van der Waals surface area contributed by atoms with Crippen LogP contribution in [0.3, 0.4) is 0 Å². The molecule has 1 aromatic carbocycles. The Bertz CT molecular complexity index is 747. The molecule has 1 heterocycles. The molecule has 22 heavy (non-hydrogen) atoms. The average Bonchev–Trinajstić information content (AvgIpc) is 2.78. The molecular weight excluding hydrogens is 298 g/mol. The molecule has 0 saturated heterocycles. The van der Waals surface area contributed by atoms with Crippen molar-refractivity contribution in [3.05, 3.63) is 50.0 Å². The normalized spacial score (nSPS) is 10.6. The second kappa shape index (κ2) is 6.40. The molecule has 0 spiro atoms. The molecule has 116 valence electrons. The summed E-state index contributed by atoms with van der Waals surface area (Å²) in [4.78, 5) is 28.9. The Morgan fingerprint density at radius 2 is 1.68 bits per heavy atom. The molecular formula is C17H19NO3S. The number of hydrogen-bond acceptors (Lipinski definition) is 5. The van der Waals surface area contributed by atoms with E-state index in [1.54, 1.807) is 6.92 Å². The van der Waals surface area contributed by atoms with Gasteiger partial charge in [-0.2, -0.15) is 0 Å². The maximum Gasteiger partial charge on any atom is 0.350 e. The number of carbonyl (C=O) groups is 2. The number of rotatable bonds is 4. The van der Waals surface area contributed by atoms with Gasteiger partial charge in [-0.3, -0.25) is 4.79 Å². The van der Waals surface area contributed by atoms with Crippen LogP contribution in [0.5, 0.6) is 0 Å². The average molecular weight is 317 g/mol. The molecule has 5 heteroatoms. The van der Waals surface area contributed by atoms with E-state index in [1.807, 2.05) is 39.8 Å². The topological polar surface area (TPSA) is 56.3 Å². The molecule has 1 aromatic heterocycles. The summed E-state index contributed by atoms with van der Waals surface area (Å²) in [6, 6.07) is 3.82. The van der Waals surface area contributed by atoms with E-state index in [2.05, 4.69) is 4.98 Å². The highest BCUT2D eigenvalue weighted by atomic mass is 32.1. The number of hydrogen-bond donors (Lipinski definition) is 0. The summed E-state index contributed by atoms with van der Waals surface area (Å²) < 4.78 is 5.15.